The number of benzene rings is 1. The van der Waals surface area contributed by atoms with Gasteiger partial charge in [0.1, 0.15) is 5.75 Å². The minimum absolute atomic E-state index is 0.0305. The maximum absolute atomic E-state index is 12.1. The summed E-state index contributed by atoms with van der Waals surface area (Å²) < 4.78 is 66.9. The average molecular weight is 402 g/mol. The van der Waals surface area contributed by atoms with E-state index in [1.165, 1.54) is 12.1 Å². The molecular formula is C11H7BrF3NO3S2. The summed E-state index contributed by atoms with van der Waals surface area (Å²) in [6.07, 6.45) is -4.84. The van der Waals surface area contributed by atoms with Crippen LogP contribution in [0, 0.1) is 0 Å². The van der Waals surface area contributed by atoms with E-state index in [1.807, 2.05) is 0 Å². The highest BCUT2D eigenvalue weighted by Gasteiger charge is 2.31. The Morgan fingerprint density at radius 1 is 1.24 bits per heavy atom. The van der Waals surface area contributed by atoms with E-state index < -0.39 is 22.1 Å². The normalized spacial score (nSPS) is 12.2. The highest BCUT2D eigenvalue weighted by Crippen LogP contribution is 2.30. The van der Waals surface area contributed by atoms with Gasteiger partial charge in [-0.2, -0.15) is 0 Å². The molecule has 0 saturated carbocycles. The van der Waals surface area contributed by atoms with E-state index in [4.69, 9.17) is 0 Å². The third-order valence-electron chi connectivity index (χ3n) is 2.15. The molecule has 0 fully saturated rings. The van der Waals surface area contributed by atoms with Gasteiger partial charge in [-0.15, -0.1) is 24.5 Å². The smallest absolute Gasteiger partial charge is 0.406 e. The molecule has 21 heavy (non-hydrogen) atoms. The van der Waals surface area contributed by atoms with Gasteiger partial charge in [-0.3, -0.25) is 4.72 Å². The molecule has 0 aliphatic heterocycles. The van der Waals surface area contributed by atoms with Crippen molar-refractivity contribution >= 4 is 43.0 Å². The fourth-order valence-electron chi connectivity index (χ4n) is 1.43. The van der Waals surface area contributed by atoms with Gasteiger partial charge in [0.15, 0.2) is 4.21 Å². The number of rotatable bonds is 4. The summed E-state index contributed by atoms with van der Waals surface area (Å²) in [5.74, 6) is -0.507. The highest BCUT2D eigenvalue weighted by atomic mass is 79.9. The first-order valence-corrected chi connectivity index (χ1v) is 8.44. The number of thiophene rings is 1. The van der Waals surface area contributed by atoms with E-state index in [-0.39, 0.29) is 9.90 Å². The molecule has 0 bridgehead atoms. The zero-order valence-corrected chi connectivity index (χ0v) is 13.2. The average Bonchev–Trinajstić information content (AvgIpc) is 2.73. The molecule has 2 aromatic rings. The van der Waals surface area contributed by atoms with Gasteiger partial charge in [0.25, 0.3) is 10.0 Å². The summed E-state index contributed by atoms with van der Waals surface area (Å²) in [5.41, 5.74) is -0.0305. The molecule has 4 nitrogen and oxygen atoms in total. The number of ether oxygens (including phenoxy) is 1. The number of sulfonamides is 1. The first kappa shape index (κ1) is 16.1. The molecular weight excluding hydrogens is 395 g/mol. The summed E-state index contributed by atoms with van der Waals surface area (Å²) in [7, 11) is -3.88. The van der Waals surface area contributed by atoms with Crippen LogP contribution >= 0.6 is 27.3 Å². The third-order valence-corrected chi connectivity index (χ3v) is 6.20. The number of hydrogen-bond donors (Lipinski definition) is 1. The van der Waals surface area contributed by atoms with Crippen LogP contribution in [-0.2, 0) is 10.0 Å². The quantitative estimate of drug-likeness (QED) is 0.834. The molecule has 2 rings (SSSR count). The van der Waals surface area contributed by atoms with E-state index in [9.17, 15) is 21.6 Å². The molecule has 1 heterocycles. The maximum Gasteiger partial charge on any atom is 0.573 e. The minimum atomic E-state index is -4.84. The molecule has 10 heteroatoms. The molecule has 0 aliphatic carbocycles. The second-order valence-corrected chi connectivity index (χ2v) is 7.39. The number of halogens is 4. The van der Waals surface area contributed by atoms with Crippen LogP contribution in [0.1, 0.15) is 0 Å². The van der Waals surface area contributed by atoms with Crippen LogP contribution in [0.2, 0.25) is 0 Å². The Morgan fingerprint density at radius 3 is 2.52 bits per heavy atom. The van der Waals surface area contributed by atoms with Crippen molar-refractivity contribution in [3.05, 3.63) is 40.2 Å². The molecule has 0 amide bonds. The molecule has 1 aromatic carbocycles. The predicted molar refractivity (Wildman–Crippen MR) is 76.0 cm³/mol. The lowest BCUT2D eigenvalue weighted by Gasteiger charge is -2.11. The molecule has 0 radical (unpaired) electrons. The van der Waals surface area contributed by atoms with Gasteiger partial charge in [0.2, 0.25) is 0 Å². The highest BCUT2D eigenvalue weighted by molar-refractivity contribution is 9.10. The Bertz CT molecular complexity index is 743. The van der Waals surface area contributed by atoms with Gasteiger partial charge in [-0.05, 0) is 39.5 Å². The van der Waals surface area contributed by atoms with Crippen LogP contribution in [0.15, 0.2) is 44.4 Å². The predicted octanol–water partition coefficient (Wildman–Crippen LogP) is 4.21. The van der Waals surface area contributed by atoms with Crippen molar-refractivity contribution in [3.8, 4) is 5.75 Å². The topological polar surface area (TPSA) is 55.4 Å². The van der Waals surface area contributed by atoms with Gasteiger partial charge in [0, 0.05) is 10.5 Å². The Kier molecular flexibility index (Phi) is 4.49. The molecule has 0 unspecified atom stereocenters. The molecule has 0 atom stereocenters. The minimum Gasteiger partial charge on any atom is -0.406 e. The van der Waals surface area contributed by atoms with Gasteiger partial charge in [-0.25, -0.2) is 8.42 Å². The molecule has 0 aliphatic rings. The zero-order chi connectivity index (χ0) is 15.7. The van der Waals surface area contributed by atoms with E-state index in [1.54, 1.807) is 11.4 Å². The lowest BCUT2D eigenvalue weighted by atomic mass is 10.3. The van der Waals surface area contributed by atoms with Gasteiger partial charge in [-0.1, -0.05) is 6.07 Å². The molecule has 1 N–H and O–H groups in total. The van der Waals surface area contributed by atoms with E-state index in [2.05, 4.69) is 25.4 Å². The van der Waals surface area contributed by atoms with Crippen molar-refractivity contribution in [3.63, 3.8) is 0 Å². The first-order chi connectivity index (χ1) is 9.67. The van der Waals surface area contributed by atoms with E-state index >= 15 is 0 Å². The lowest BCUT2D eigenvalue weighted by molar-refractivity contribution is -0.274. The number of anilines is 1. The van der Waals surface area contributed by atoms with Crippen molar-refractivity contribution in [1.29, 1.82) is 0 Å². The van der Waals surface area contributed by atoms with Crippen molar-refractivity contribution in [2.24, 2.45) is 0 Å². The SMILES string of the molecule is O=S(=O)(Nc1cccc(OC(F)(F)F)c1)c1sccc1Br. The Morgan fingerprint density at radius 2 is 1.95 bits per heavy atom. The Balaban J connectivity index is 2.24. The molecule has 1 aromatic heterocycles. The van der Waals surface area contributed by atoms with Gasteiger partial charge >= 0.3 is 6.36 Å². The Hall–Kier alpha value is -1.26. The number of nitrogens with one attached hydrogen (secondary N) is 1. The van der Waals surface area contributed by atoms with E-state index in [0.29, 0.717) is 4.47 Å². The van der Waals surface area contributed by atoms with Crippen LogP contribution < -0.4 is 9.46 Å². The third kappa shape index (κ3) is 4.35. The number of hydrogen-bond acceptors (Lipinski definition) is 4. The van der Waals surface area contributed by atoms with Crippen LogP contribution in [0.4, 0.5) is 18.9 Å². The summed E-state index contributed by atoms with van der Waals surface area (Å²) in [5, 5.41) is 1.57. The van der Waals surface area contributed by atoms with E-state index in [0.717, 1.165) is 23.5 Å². The monoisotopic (exact) mass is 401 g/mol. The van der Waals surface area contributed by atoms with Gasteiger partial charge < -0.3 is 4.74 Å². The summed E-state index contributed by atoms with van der Waals surface area (Å²) in [6, 6.07) is 6.16. The fourth-order valence-corrected chi connectivity index (χ4v) is 4.82. The van der Waals surface area contributed by atoms with Crippen molar-refractivity contribution in [1.82, 2.24) is 0 Å². The second kappa shape index (κ2) is 5.85. The van der Waals surface area contributed by atoms with Crippen LogP contribution in [0.3, 0.4) is 0 Å². The second-order valence-electron chi connectivity index (χ2n) is 3.74. The number of alkyl halides is 3. The summed E-state index contributed by atoms with van der Waals surface area (Å²) in [6.45, 7) is 0. The molecule has 114 valence electrons. The zero-order valence-electron chi connectivity index (χ0n) is 10.0. The van der Waals surface area contributed by atoms with Crippen molar-refractivity contribution in [2.75, 3.05) is 4.72 Å². The summed E-state index contributed by atoms with van der Waals surface area (Å²) in [4.78, 5) is 0. The van der Waals surface area contributed by atoms with Crippen LogP contribution in [0.5, 0.6) is 5.75 Å². The first-order valence-electron chi connectivity index (χ1n) is 5.29. The fraction of sp³-hybridized carbons (Fsp3) is 0.0909. The van der Waals surface area contributed by atoms with Crippen molar-refractivity contribution in [2.45, 2.75) is 10.6 Å². The summed E-state index contributed by atoms with van der Waals surface area (Å²) >= 11 is 4.07. The Labute approximate surface area is 130 Å². The van der Waals surface area contributed by atoms with Crippen molar-refractivity contribution < 1.29 is 26.3 Å². The molecule has 0 saturated heterocycles. The van der Waals surface area contributed by atoms with Gasteiger partial charge in [0.05, 0.1) is 5.69 Å². The van der Waals surface area contributed by atoms with Crippen LogP contribution in [0.25, 0.3) is 0 Å². The van der Waals surface area contributed by atoms with Crippen LogP contribution in [-0.4, -0.2) is 14.8 Å². The molecule has 0 spiro atoms. The standard InChI is InChI=1S/C11H7BrF3NO3S2/c12-9-4-5-20-10(9)21(17,18)16-7-2-1-3-8(6-7)19-11(13,14)15/h1-6,16H. The lowest BCUT2D eigenvalue weighted by Crippen LogP contribution is -2.17. The largest absolute Gasteiger partial charge is 0.573 e. The maximum atomic E-state index is 12.1.